The molecule has 2 aromatic rings. The monoisotopic (exact) mass is 470 g/mol. The molecule has 0 aliphatic carbocycles. The highest BCUT2D eigenvalue weighted by molar-refractivity contribution is 6.31. The maximum atomic E-state index is 12.8. The Morgan fingerprint density at radius 1 is 0.818 bits per heavy atom. The molecule has 0 saturated carbocycles. The minimum Gasteiger partial charge on any atom is -0.310 e. The first-order valence-corrected chi connectivity index (χ1v) is 13.0. The van der Waals surface area contributed by atoms with Crippen molar-refractivity contribution in [2.75, 3.05) is 5.32 Å². The van der Waals surface area contributed by atoms with Gasteiger partial charge in [0, 0.05) is 18.2 Å². The summed E-state index contributed by atoms with van der Waals surface area (Å²) in [4.78, 5) is 29.4. The molecule has 0 aliphatic heterocycles. The van der Waals surface area contributed by atoms with Crippen molar-refractivity contribution in [3.63, 3.8) is 0 Å². The topological polar surface area (TPSA) is 59.1 Å². The standard InChI is InChI=1S/C28H39ClN2O2/c1-2-3-4-5-6-7-8-9-10-11-12-13-17-20-26(32)31-28-25(21-24(29)22-30-28)27(33)23-18-15-14-16-19-23/h14-16,18-19,21-22H,2-13,17,20H2,1H3,(H,30,31,32). The molecule has 0 radical (unpaired) electrons. The van der Waals surface area contributed by atoms with E-state index in [1.165, 1.54) is 76.8 Å². The van der Waals surface area contributed by atoms with Crippen molar-refractivity contribution >= 4 is 29.1 Å². The highest BCUT2D eigenvalue weighted by atomic mass is 35.5. The normalized spacial score (nSPS) is 10.8. The number of benzene rings is 1. The molecule has 1 N–H and O–H groups in total. The molecule has 0 spiro atoms. The first-order chi connectivity index (χ1) is 16.1. The predicted octanol–water partition coefficient (Wildman–Crippen LogP) is 8.39. The molecule has 1 heterocycles. The van der Waals surface area contributed by atoms with Crippen molar-refractivity contribution in [2.24, 2.45) is 0 Å². The number of ketones is 1. The summed E-state index contributed by atoms with van der Waals surface area (Å²) in [6.07, 6.45) is 18.4. The highest BCUT2D eigenvalue weighted by Crippen LogP contribution is 2.22. The number of nitrogens with one attached hydrogen (secondary N) is 1. The Balaban J connectivity index is 1.63. The third-order valence-corrected chi connectivity index (χ3v) is 6.11. The number of hydrogen-bond donors (Lipinski definition) is 1. The van der Waals surface area contributed by atoms with Gasteiger partial charge in [0.15, 0.2) is 5.78 Å². The molecular weight excluding hydrogens is 432 g/mol. The summed E-state index contributed by atoms with van der Waals surface area (Å²) in [6, 6.07) is 10.5. The number of hydrogen-bond acceptors (Lipinski definition) is 3. The third kappa shape index (κ3) is 11.0. The van der Waals surface area contributed by atoms with Crippen LogP contribution in [0, 0.1) is 0 Å². The number of anilines is 1. The van der Waals surface area contributed by atoms with Gasteiger partial charge in [-0.2, -0.15) is 0 Å². The molecule has 0 bridgehead atoms. The van der Waals surface area contributed by atoms with E-state index in [1.54, 1.807) is 30.3 Å². The van der Waals surface area contributed by atoms with E-state index in [9.17, 15) is 9.59 Å². The quantitative estimate of drug-likeness (QED) is 0.186. The minimum absolute atomic E-state index is 0.116. The van der Waals surface area contributed by atoms with E-state index in [0.29, 0.717) is 22.6 Å². The zero-order valence-corrected chi connectivity index (χ0v) is 20.8. The molecule has 4 nitrogen and oxygen atoms in total. The van der Waals surface area contributed by atoms with Gasteiger partial charge in [-0.15, -0.1) is 0 Å². The van der Waals surface area contributed by atoms with Crippen LogP contribution in [0.3, 0.4) is 0 Å². The third-order valence-electron chi connectivity index (χ3n) is 5.90. The zero-order chi connectivity index (χ0) is 23.7. The summed E-state index contributed by atoms with van der Waals surface area (Å²) < 4.78 is 0. The molecule has 1 amide bonds. The lowest BCUT2D eigenvalue weighted by Gasteiger charge is -2.10. The number of aromatic nitrogens is 1. The predicted molar refractivity (Wildman–Crippen MR) is 138 cm³/mol. The highest BCUT2D eigenvalue weighted by Gasteiger charge is 2.17. The lowest BCUT2D eigenvalue weighted by Crippen LogP contribution is -2.16. The van der Waals surface area contributed by atoms with Gasteiger partial charge in [-0.25, -0.2) is 4.98 Å². The van der Waals surface area contributed by atoms with Crippen LogP contribution in [-0.4, -0.2) is 16.7 Å². The second kappa shape index (κ2) is 16.4. The van der Waals surface area contributed by atoms with E-state index < -0.39 is 0 Å². The van der Waals surface area contributed by atoms with Gasteiger partial charge in [-0.1, -0.05) is 126 Å². The molecule has 0 aliphatic rings. The van der Waals surface area contributed by atoms with E-state index in [-0.39, 0.29) is 17.5 Å². The van der Waals surface area contributed by atoms with Crippen LogP contribution in [0.5, 0.6) is 0 Å². The summed E-state index contributed by atoms with van der Waals surface area (Å²) >= 11 is 6.06. The molecule has 0 unspecified atom stereocenters. The number of unbranched alkanes of at least 4 members (excludes halogenated alkanes) is 12. The molecule has 1 aromatic heterocycles. The van der Waals surface area contributed by atoms with Gasteiger partial charge in [0.1, 0.15) is 5.82 Å². The molecule has 2 rings (SSSR count). The number of rotatable bonds is 17. The van der Waals surface area contributed by atoms with E-state index in [0.717, 1.165) is 12.8 Å². The van der Waals surface area contributed by atoms with E-state index in [2.05, 4.69) is 17.2 Å². The number of carbonyl (C=O) groups is 2. The largest absolute Gasteiger partial charge is 0.310 e. The van der Waals surface area contributed by atoms with E-state index in [4.69, 9.17) is 11.6 Å². The average molecular weight is 471 g/mol. The van der Waals surface area contributed by atoms with Crippen LogP contribution in [0.2, 0.25) is 5.02 Å². The van der Waals surface area contributed by atoms with Crippen LogP contribution in [0.15, 0.2) is 42.6 Å². The van der Waals surface area contributed by atoms with E-state index >= 15 is 0 Å². The van der Waals surface area contributed by atoms with Crippen molar-refractivity contribution in [3.8, 4) is 0 Å². The second-order valence-electron chi connectivity index (χ2n) is 8.79. The fourth-order valence-corrected chi connectivity index (χ4v) is 4.11. The van der Waals surface area contributed by atoms with Crippen LogP contribution in [0.4, 0.5) is 5.82 Å². The van der Waals surface area contributed by atoms with Crippen molar-refractivity contribution in [3.05, 3.63) is 58.7 Å². The summed E-state index contributed by atoms with van der Waals surface area (Å²) in [7, 11) is 0. The van der Waals surface area contributed by atoms with E-state index in [1.807, 2.05) is 6.07 Å². The molecule has 5 heteroatoms. The molecule has 0 saturated heterocycles. The van der Waals surface area contributed by atoms with Gasteiger partial charge in [-0.3, -0.25) is 9.59 Å². The van der Waals surface area contributed by atoms with Crippen molar-refractivity contribution in [1.29, 1.82) is 0 Å². The summed E-state index contributed by atoms with van der Waals surface area (Å²) in [5, 5.41) is 3.17. The van der Waals surface area contributed by atoms with Crippen LogP contribution in [0.25, 0.3) is 0 Å². The van der Waals surface area contributed by atoms with Crippen LogP contribution in [0.1, 0.15) is 113 Å². The first-order valence-electron chi connectivity index (χ1n) is 12.7. The molecular formula is C28H39ClN2O2. The first kappa shape index (κ1) is 27.0. The number of pyridine rings is 1. The zero-order valence-electron chi connectivity index (χ0n) is 20.1. The number of nitrogens with zero attached hydrogens (tertiary/aromatic N) is 1. The SMILES string of the molecule is CCCCCCCCCCCCCCCC(=O)Nc1ncc(Cl)cc1C(=O)c1ccccc1. The Morgan fingerprint density at radius 2 is 1.36 bits per heavy atom. The average Bonchev–Trinajstić information content (AvgIpc) is 2.83. The lowest BCUT2D eigenvalue weighted by atomic mass is 10.0. The Kier molecular flexibility index (Phi) is 13.5. The molecule has 180 valence electrons. The van der Waals surface area contributed by atoms with Crippen molar-refractivity contribution in [2.45, 2.75) is 96.8 Å². The van der Waals surface area contributed by atoms with Gasteiger partial charge >= 0.3 is 0 Å². The minimum atomic E-state index is -0.207. The summed E-state index contributed by atoms with van der Waals surface area (Å²) in [5.41, 5.74) is 0.848. The Bertz CT molecular complexity index is 839. The van der Waals surface area contributed by atoms with Gasteiger partial charge < -0.3 is 5.32 Å². The summed E-state index contributed by atoms with van der Waals surface area (Å²) in [5.74, 6) is -0.0511. The van der Waals surface area contributed by atoms with Gasteiger partial charge in [0.2, 0.25) is 5.91 Å². The molecule has 1 aromatic carbocycles. The maximum absolute atomic E-state index is 12.8. The molecule has 0 atom stereocenters. The van der Waals surface area contributed by atoms with Crippen molar-refractivity contribution < 1.29 is 9.59 Å². The fraction of sp³-hybridized carbons (Fsp3) is 0.536. The Morgan fingerprint density at radius 3 is 1.94 bits per heavy atom. The number of amides is 1. The Hall–Kier alpha value is -2.20. The van der Waals surface area contributed by atoms with Crippen LogP contribution in [-0.2, 0) is 4.79 Å². The lowest BCUT2D eigenvalue weighted by molar-refractivity contribution is -0.116. The number of halogens is 1. The van der Waals surface area contributed by atoms with Gasteiger partial charge in [-0.05, 0) is 12.5 Å². The van der Waals surface area contributed by atoms with Crippen LogP contribution >= 0.6 is 11.6 Å². The summed E-state index contributed by atoms with van der Waals surface area (Å²) in [6.45, 7) is 2.26. The van der Waals surface area contributed by atoms with Gasteiger partial charge in [0.25, 0.3) is 0 Å². The second-order valence-corrected chi connectivity index (χ2v) is 9.22. The molecule has 33 heavy (non-hydrogen) atoms. The molecule has 0 fully saturated rings. The number of carbonyl (C=O) groups excluding carboxylic acids is 2. The smallest absolute Gasteiger partial charge is 0.225 e. The van der Waals surface area contributed by atoms with Crippen molar-refractivity contribution in [1.82, 2.24) is 4.98 Å². The fourth-order valence-electron chi connectivity index (χ4n) is 3.95. The van der Waals surface area contributed by atoms with Crippen LogP contribution < -0.4 is 5.32 Å². The Labute approximate surface area is 204 Å². The maximum Gasteiger partial charge on any atom is 0.225 e. The van der Waals surface area contributed by atoms with Gasteiger partial charge in [0.05, 0.1) is 10.6 Å².